The number of nitrogens with two attached hydrogens (primary N) is 1. The highest BCUT2D eigenvalue weighted by Crippen LogP contribution is 2.31. The molecule has 9 heteroatoms. The Morgan fingerprint density at radius 2 is 2.04 bits per heavy atom. The molecule has 126 valence electrons. The second-order valence-electron chi connectivity index (χ2n) is 5.24. The molecule has 0 amide bonds. The molecular weight excluding hydrogens is 343 g/mol. The minimum Gasteiger partial charge on any atom is -0.379 e. The van der Waals surface area contributed by atoms with Crippen LogP contribution in [0.25, 0.3) is 22.6 Å². The summed E-state index contributed by atoms with van der Waals surface area (Å²) in [7, 11) is 0. The van der Waals surface area contributed by atoms with Crippen molar-refractivity contribution in [3.63, 3.8) is 0 Å². The summed E-state index contributed by atoms with van der Waals surface area (Å²) < 4.78 is 19.7. The fraction of sp³-hybridized carbons (Fsp3) is 0.125. The smallest absolute Gasteiger partial charge is 0.199 e. The van der Waals surface area contributed by atoms with Crippen molar-refractivity contribution in [2.75, 3.05) is 5.73 Å². The van der Waals surface area contributed by atoms with E-state index in [9.17, 15) is 4.39 Å². The van der Waals surface area contributed by atoms with Gasteiger partial charge in [-0.15, -0.1) is 0 Å². The number of aromatic nitrogens is 5. The summed E-state index contributed by atoms with van der Waals surface area (Å²) in [5, 5.41) is 8.22. The van der Waals surface area contributed by atoms with Crippen LogP contribution in [0.2, 0.25) is 0 Å². The number of fused-ring (bicyclic) bond motifs is 1. The van der Waals surface area contributed by atoms with Gasteiger partial charge in [-0.05, 0) is 47.6 Å². The number of imidazole rings is 1. The Morgan fingerprint density at radius 1 is 1.24 bits per heavy atom. The first-order valence-corrected chi connectivity index (χ1v) is 8.35. The number of hydrogen-bond donors (Lipinski definition) is 1. The molecule has 0 saturated heterocycles. The molecule has 7 nitrogen and oxygen atoms in total. The van der Waals surface area contributed by atoms with Crippen LogP contribution < -0.4 is 5.73 Å². The Hall–Kier alpha value is -2.94. The predicted molar refractivity (Wildman–Crippen MR) is 91.4 cm³/mol. The van der Waals surface area contributed by atoms with Crippen molar-refractivity contribution < 1.29 is 9.02 Å². The van der Waals surface area contributed by atoms with Crippen LogP contribution in [-0.4, -0.2) is 24.8 Å². The van der Waals surface area contributed by atoms with Crippen molar-refractivity contribution in [1.82, 2.24) is 24.8 Å². The number of rotatable bonds is 4. The van der Waals surface area contributed by atoms with E-state index in [0.717, 1.165) is 21.0 Å². The van der Waals surface area contributed by atoms with Gasteiger partial charge in [-0.1, -0.05) is 11.8 Å². The minimum absolute atomic E-state index is 0.193. The topological polar surface area (TPSA) is 95.7 Å². The number of anilines is 1. The molecule has 0 radical (unpaired) electrons. The Labute approximate surface area is 146 Å². The molecule has 25 heavy (non-hydrogen) atoms. The second kappa shape index (κ2) is 6.17. The molecule has 3 aromatic heterocycles. The zero-order valence-corrected chi connectivity index (χ0v) is 14.0. The van der Waals surface area contributed by atoms with Gasteiger partial charge in [0.1, 0.15) is 16.4 Å². The fourth-order valence-electron chi connectivity index (χ4n) is 2.54. The Balaban J connectivity index is 1.77. The number of halogens is 1. The number of pyridine rings is 1. The molecule has 0 atom stereocenters. The standard InChI is InChI=1S/C16H13FN6OS/c1-2-23-12-7-13(25-10-5-3-9(17)4-6-10)19-8-11(12)20-16(23)14-15(18)22-24-21-14/h3-8H,2H2,1H3,(H2,18,22). The van der Waals surface area contributed by atoms with E-state index < -0.39 is 0 Å². The van der Waals surface area contributed by atoms with Crippen LogP contribution in [0.5, 0.6) is 0 Å². The van der Waals surface area contributed by atoms with E-state index in [2.05, 4.69) is 24.9 Å². The van der Waals surface area contributed by atoms with Gasteiger partial charge in [0, 0.05) is 11.4 Å². The molecule has 3 heterocycles. The van der Waals surface area contributed by atoms with E-state index in [0.29, 0.717) is 18.1 Å². The summed E-state index contributed by atoms with van der Waals surface area (Å²) in [4.78, 5) is 9.87. The highest BCUT2D eigenvalue weighted by atomic mass is 32.2. The van der Waals surface area contributed by atoms with Crippen molar-refractivity contribution in [3.05, 3.63) is 42.3 Å². The summed E-state index contributed by atoms with van der Waals surface area (Å²) in [6.07, 6.45) is 1.69. The van der Waals surface area contributed by atoms with E-state index in [1.165, 1.54) is 23.9 Å². The highest BCUT2D eigenvalue weighted by molar-refractivity contribution is 7.99. The molecule has 1 aromatic carbocycles. The Kier molecular flexibility index (Phi) is 3.85. The van der Waals surface area contributed by atoms with Gasteiger partial charge in [-0.25, -0.2) is 19.0 Å². The molecule has 0 aliphatic rings. The fourth-order valence-corrected chi connectivity index (χ4v) is 3.33. The van der Waals surface area contributed by atoms with Crippen molar-refractivity contribution >= 4 is 28.6 Å². The second-order valence-corrected chi connectivity index (χ2v) is 6.34. The predicted octanol–water partition coefficient (Wildman–Crippen LogP) is 3.37. The van der Waals surface area contributed by atoms with Crippen LogP contribution in [0.4, 0.5) is 10.2 Å². The monoisotopic (exact) mass is 356 g/mol. The minimum atomic E-state index is -0.264. The summed E-state index contributed by atoms with van der Waals surface area (Å²) in [6.45, 7) is 2.67. The van der Waals surface area contributed by atoms with Gasteiger partial charge in [0.2, 0.25) is 0 Å². The highest BCUT2D eigenvalue weighted by Gasteiger charge is 2.19. The molecule has 0 unspecified atom stereocenters. The average molecular weight is 356 g/mol. The summed E-state index contributed by atoms with van der Waals surface area (Å²) in [6, 6.07) is 8.23. The van der Waals surface area contributed by atoms with Gasteiger partial charge in [-0.2, -0.15) is 0 Å². The van der Waals surface area contributed by atoms with Crippen LogP contribution in [0, 0.1) is 5.82 Å². The quantitative estimate of drug-likeness (QED) is 0.599. The molecule has 0 aliphatic carbocycles. The maximum Gasteiger partial charge on any atom is 0.199 e. The molecule has 4 aromatic rings. The molecule has 0 bridgehead atoms. The van der Waals surface area contributed by atoms with Crippen molar-refractivity contribution in [2.45, 2.75) is 23.4 Å². The zero-order valence-electron chi connectivity index (χ0n) is 13.2. The lowest BCUT2D eigenvalue weighted by Gasteiger charge is -2.05. The van der Waals surface area contributed by atoms with Crippen LogP contribution in [-0.2, 0) is 6.54 Å². The van der Waals surface area contributed by atoms with Crippen LogP contribution in [0.15, 0.2) is 51.1 Å². The van der Waals surface area contributed by atoms with Crippen molar-refractivity contribution in [3.8, 4) is 11.5 Å². The number of nitrogen functional groups attached to an aromatic ring is 1. The number of nitrogens with zero attached hydrogens (tertiary/aromatic N) is 5. The molecule has 4 rings (SSSR count). The third-order valence-electron chi connectivity index (χ3n) is 3.69. The van der Waals surface area contributed by atoms with Crippen LogP contribution in [0.1, 0.15) is 6.92 Å². The van der Waals surface area contributed by atoms with Gasteiger partial charge in [0.15, 0.2) is 17.3 Å². The number of hydrogen-bond acceptors (Lipinski definition) is 7. The lowest BCUT2D eigenvalue weighted by molar-refractivity contribution is 0.310. The normalized spacial score (nSPS) is 11.3. The number of benzene rings is 1. The molecule has 2 N–H and O–H groups in total. The van der Waals surface area contributed by atoms with Gasteiger partial charge in [-0.3, -0.25) is 0 Å². The zero-order chi connectivity index (χ0) is 17.4. The van der Waals surface area contributed by atoms with E-state index in [-0.39, 0.29) is 11.6 Å². The average Bonchev–Trinajstić information content (AvgIpc) is 3.19. The van der Waals surface area contributed by atoms with Gasteiger partial charge >= 0.3 is 0 Å². The number of aryl methyl sites for hydroxylation is 1. The molecule has 0 fully saturated rings. The van der Waals surface area contributed by atoms with Crippen LogP contribution in [0.3, 0.4) is 0 Å². The van der Waals surface area contributed by atoms with Crippen molar-refractivity contribution in [2.24, 2.45) is 0 Å². The third kappa shape index (κ3) is 2.82. The van der Waals surface area contributed by atoms with Crippen LogP contribution >= 0.6 is 11.8 Å². The lowest BCUT2D eigenvalue weighted by Crippen LogP contribution is -2.00. The molecule has 0 aliphatic heterocycles. The van der Waals surface area contributed by atoms with Gasteiger partial charge in [0.25, 0.3) is 0 Å². The Morgan fingerprint density at radius 3 is 2.72 bits per heavy atom. The first-order chi connectivity index (χ1) is 12.2. The molecular formula is C16H13FN6OS. The van der Waals surface area contributed by atoms with E-state index in [4.69, 9.17) is 5.73 Å². The van der Waals surface area contributed by atoms with E-state index >= 15 is 0 Å². The summed E-state index contributed by atoms with van der Waals surface area (Å²) in [5.74, 6) is 0.515. The van der Waals surface area contributed by atoms with E-state index in [1.807, 2.05) is 17.6 Å². The van der Waals surface area contributed by atoms with Crippen molar-refractivity contribution in [1.29, 1.82) is 0 Å². The summed E-state index contributed by atoms with van der Waals surface area (Å²) >= 11 is 1.45. The lowest BCUT2D eigenvalue weighted by atomic mass is 10.3. The van der Waals surface area contributed by atoms with Gasteiger partial charge < -0.3 is 10.3 Å². The molecule has 0 saturated carbocycles. The van der Waals surface area contributed by atoms with E-state index in [1.54, 1.807) is 18.3 Å². The third-order valence-corrected chi connectivity index (χ3v) is 4.63. The molecule has 0 spiro atoms. The first kappa shape index (κ1) is 15.6. The maximum absolute atomic E-state index is 13.0. The largest absolute Gasteiger partial charge is 0.379 e. The van der Waals surface area contributed by atoms with Gasteiger partial charge in [0.05, 0.1) is 11.7 Å². The summed E-state index contributed by atoms with van der Waals surface area (Å²) in [5.41, 5.74) is 7.83. The Bertz CT molecular complexity index is 1040. The maximum atomic E-state index is 13.0. The SMILES string of the molecule is CCn1c(-c2nonc2N)nc2cnc(Sc3ccc(F)cc3)cc21. The first-order valence-electron chi connectivity index (χ1n) is 7.54.